The molecule has 26 heavy (non-hydrogen) atoms. The van der Waals surface area contributed by atoms with E-state index >= 15 is 0 Å². The van der Waals surface area contributed by atoms with Gasteiger partial charge in [-0.05, 0) is 49.1 Å². The van der Waals surface area contributed by atoms with Gasteiger partial charge in [0.15, 0.2) is 0 Å². The van der Waals surface area contributed by atoms with Crippen LogP contribution in [0.25, 0.3) is 12.2 Å². The van der Waals surface area contributed by atoms with Gasteiger partial charge in [0.2, 0.25) is 0 Å². The second-order valence-electron chi connectivity index (χ2n) is 6.74. The predicted molar refractivity (Wildman–Crippen MR) is 110 cm³/mol. The Morgan fingerprint density at radius 2 is 1.85 bits per heavy atom. The maximum absolute atomic E-state index is 8.45. The van der Waals surface area contributed by atoms with E-state index in [4.69, 9.17) is 5.41 Å². The van der Waals surface area contributed by atoms with Gasteiger partial charge in [-0.3, -0.25) is 10.4 Å². The van der Waals surface area contributed by atoms with Gasteiger partial charge in [0.05, 0.1) is 0 Å². The molecule has 0 aliphatic carbocycles. The molecular formula is C22H28N4. The second-order valence-corrected chi connectivity index (χ2v) is 6.74. The fraction of sp³-hybridized carbons (Fsp3) is 0.364. The van der Waals surface area contributed by atoms with Crippen molar-refractivity contribution >= 4 is 24.2 Å². The van der Waals surface area contributed by atoms with Crippen molar-refractivity contribution in [1.29, 1.82) is 5.41 Å². The second kappa shape index (κ2) is 8.65. The third kappa shape index (κ3) is 4.13. The average molecular weight is 348 g/mol. The molecular weight excluding hydrogens is 320 g/mol. The number of hydrogen-bond donors (Lipinski definition) is 1. The van der Waals surface area contributed by atoms with Gasteiger partial charge in [-0.2, -0.15) is 0 Å². The number of hydrogen-bond acceptors (Lipinski definition) is 2. The Labute approximate surface area is 155 Å². The number of piperidine rings is 1. The molecule has 1 aliphatic rings. The molecule has 1 aliphatic heterocycles. The molecule has 0 unspecified atom stereocenters. The van der Waals surface area contributed by atoms with Crippen LogP contribution in [0.4, 0.5) is 0 Å². The molecule has 0 saturated carbocycles. The summed E-state index contributed by atoms with van der Waals surface area (Å²) in [5.74, 6) is 0.660. The minimum Gasteiger partial charge on any atom is -0.357 e. The van der Waals surface area contributed by atoms with E-state index < -0.39 is 0 Å². The summed E-state index contributed by atoms with van der Waals surface area (Å²) < 4.78 is 2.24. The predicted octanol–water partition coefficient (Wildman–Crippen LogP) is 2.63. The molecule has 3 rings (SSSR count). The number of amidine groups is 1. The number of nitrogens with one attached hydrogen (secondary N) is 1. The summed E-state index contributed by atoms with van der Waals surface area (Å²) in [5, 5.41) is 10.8. The quantitative estimate of drug-likeness (QED) is 0.670. The highest BCUT2D eigenvalue weighted by molar-refractivity contribution is 5.96. The Morgan fingerprint density at radius 1 is 1.12 bits per heavy atom. The first-order valence-corrected chi connectivity index (χ1v) is 9.39. The Morgan fingerprint density at radius 3 is 2.50 bits per heavy atom. The number of aliphatic imine (C=N–C) groups is 1. The van der Waals surface area contributed by atoms with Gasteiger partial charge in [-0.1, -0.05) is 30.3 Å². The van der Waals surface area contributed by atoms with E-state index in [1.165, 1.54) is 35.4 Å². The molecule has 0 radical (unpaired) electrons. The summed E-state index contributed by atoms with van der Waals surface area (Å²) in [5.41, 5.74) is 2.25. The van der Waals surface area contributed by atoms with Crippen molar-refractivity contribution in [2.24, 2.45) is 4.99 Å². The molecule has 1 N–H and O–H groups in total. The zero-order valence-corrected chi connectivity index (χ0v) is 15.8. The molecule has 1 fully saturated rings. The van der Waals surface area contributed by atoms with Gasteiger partial charge in [-0.25, -0.2) is 0 Å². The first kappa shape index (κ1) is 18.2. The Balaban J connectivity index is 1.78. The first-order valence-electron chi connectivity index (χ1n) is 9.39. The molecule has 4 nitrogen and oxygen atoms in total. The van der Waals surface area contributed by atoms with Crippen molar-refractivity contribution in [3.05, 3.63) is 58.2 Å². The molecule has 1 aromatic carbocycles. The van der Waals surface area contributed by atoms with Gasteiger partial charge in [0, 0.05) is 50.0 Å². The van der Waals surface area contributed by atoms with Crippen LogP contribution in [0.3, 0.4) is 0 Å². The summed E-state index contributed by atoms with van der Waals surface area (Å²) in [4.78, 5) is 6.27. The smallest absolute Gasteiger partial charge is 0.128 e. The summed E-state index contributed by atoms with van der Waals surface area (Å²) in [7, 11) is 1.79. The van der Waals surface area contributed by atoms with Crippen LogP contribution in [-0.2, 0) is 6.54 Å². The van der Waals surface area contributed by atoms with E-state index in [0.717, 1.165) is 25.2 Å². The molecule has 1 saturated heterocycles. The fourth-order valence-corrected chi connectivity index (χ4v) is 3.49. The number of rotatable bonds is 4. The van der Waals surface area contributed by atoms with Crippen LogP contribution in [0.15, 0.2) is 41.5 Å². The van der Waals surface area contributed by atoms with Gasteiger partial charge >= 0.3 is 0 Å². The van der Waals surface area contributed by atoms with E-state index in [-0.39, 0.29) is 0 Å². The molecule has 4 heteroatoms. The Hall–Kier alpha value is -2.62. The summed E-state index contributed by atoms with van der Waals surface area (Å²) >= 11 is 0. The summed E-state index contributed by atoms with van der Waals surface area (Å²) in [6.45, 7) is 4.90. The minimum atomic E-state index is 0.660. The highest BCUT2D eigenvalue weighted by Gasteiger charge is 2.14. The number of aromatic nitrogens is 1. The maximum atomic E-state index is 8.45. The van der Waals surface area contributed by atoms with Crippen LogP contribution in [0.2, 0.25) is 0 Å². The van der Waals surface area contributed by atoms with Crippen LogP contribution < -0.4 is 10.6 Å². The van der Waals surface area contributed by atoms with Crippen LogP contribution in [0.5, 0.6) is 0 Å². The lowest BCUT2D eigenvalue weighted by molar-refractivity contribution is 0.341. The molecule has 136 valence electrons. The van der Waals surface area contributed by atoms with Crippen LogP contribution in [0.1, 0.15) is 37.3 Å². The first-order chi connectivity index (χ1) is 12.7. The van der Waals surface area contributed by atoms with E-state index in [2.05, 4.69) is 70.1 Å². The average Bonchev–Trinajstić information content (AvgIpc) is 3.08. The van der Waals surface area contributed by atoms with Crippen LogP contribution >= 0.6 is 0 Å². The van der Waals surface area contributed by atoms with Crippen LogP contribution in [-0.4, -0.2) is 41.7 Å². The number of benzene rings is 1. The largest absolute Gasteiger partial charge is 0.357 e. The van der Waals surface area contributed by atoms with Gasteiger partial charge in [-0.15, -0.1) is 0 Å². The summed E-state index contributed by atoms with van der Waals surface area (Å²) in [6, 6.07) is 10.6. The van der Waals surface area contributed by atoms with E-state index in [1.807, 2.05) is 6.21 Å². The van der Waals surface area contributed by atoms with Gasteiger partial charge in [0.1, 0.15) is 5.84 Å². The number of nitrogens with zero attached hydrogens (tertiary/aromatic N) is 3. The highest BCUT2D eigenvalue weighted by Crippen LogP contribution is 2.14. The highest BCUT2D eigenvalue weighted by atomic mass is 15.2. The van der Waals surface area contributed by atoms with Crippen molar-refractivity contribution in [3.8, 4) is 0 Å². The molecule has 2 heterocycles. The Kier molecular flexibility index (Phi) is 6.05. The third-order valence-corrected chi connectivity index (χ3v) is 4.98. The zero-order chi connectivity index (χ0) is 18.4. The molecule has 0 spiro atoms. The summed E-state index contributed by atoms with van der Waals surface area (Å²) in [6.07, 6.45) is 11.8. The van der Waals surface area contributed by atoms with Crippen LogP contribution in [0, 0.1) is 5.41 Å². The Bertz CT molecular complexity index is 881. The lowest BCUT2D eigenvalue weighted by Gasteiger charge is -2.29. The molecule has 0 atom stereocenters. The van der Waals surface area contributed by atoms with Crippen molar-refractivity contribution < 1.29 is 0 Å². The zero-order valence-electron chi connectivity index (χ0n) is 15.8. The van der Waals surface area contributed by atoms with Crippen molar-refractivity contribution in [2.75, 3.05) is 20.1 Å². The molecule has 2 aromatic rings. The lowest BCUT2D eigenvalue weighted by atomic mass is 10.1. The van der Waals surface area contributed by atoms with Gasteiger partial charge in [0.25, 0.3) is 0 Å². The van der Waals surface area contributed by atoms with Crippen molar-refractivity contribution in [3.63, 3.8) is 0 Å². The topological polar surface area (TPSA) is 44.4 Å². The molecule has 0 bridgehead atoms. The normalized spacial score (nSPS) is 16.6. The molecule has 1 aromatic heterocycles. The SMILES string of the molecule is C/C=c1/ccn(Cc2ccc(C(=N)N3CCCCC3)cc2)/c1=C/C=NC. The van der Waals surface area contributed by atoms with E-state index in [0.29, 0.717) is 5.84 Å². The van der Waals surface area contributed by atoms with Crippen molar-refractivity contribution in [1.82, 2.24) is 9.47 Å². The van der Waals surface area contributed by atoms with Gasteiger partial charge < -0.3 is 9.47 Å². The minimum absolute atomic E-state index is 0.660. The van der Waals surface area contributed by atoms with Crippen molar-refractivity contribution in [2.45, 2.75) is 32.7 Å². The third-order valence-electron chi connectivity index (χ3n) is 4.98. The van der Waals surface area contributed by atoms with E-state index in [9.17, 15) is 0 Å². The maximum Gasteiger partial charge on any atom is 0.128 e. The standard InChI is InChI=1S/C22H28N4/c1-3-19-12-16-26(21(19)11-13-24-2)17-18-7-9-20(10-8-18)22(23)25-14-5-4-6-15-25/h3,7-13,16,23H,4-6,14-15,17H2,1-2H3/b19-3-,21-11+,23-22?,24-13?. The molecule has 0 amide bonds. The monoisotopic (exact) mass is 348 g/mol. The fourth-order valence-electron chi connectivity index (χ4n) is 3.49. The lowest BCUT2D eigenvalue weighted by Crippen LogP contribution is -2.35. The van der Waals surface area contributed by atoms with E-state index in [1.54, 1.807) is 7.05 Å². The number of likely N-dealkylation sites (tertiary alicyclic amines) is 1.